The first-order valence-electron chi connectivity index (χ1n) is 9.77. The molecule has 2 amide bonds. The maximum absolute atomic E-state index is 12.6. The molecule has 3 N–H and O–H groups in total. The molecule has 0 spiro atoms. The van der Waals surface area contributed by atoms with E-state index in [-0.39, 0.29) is 34.8 Å². The van der Waals surface area contributed by atoms with Gasteiger partial charge in [-0.1, -0.05) is 60.1 Å². The molecule has 0 saturated carbocycles. The molecular weight excluding hydrogens is 430 g/mol. The summed E-state index contributed by atoms with van der Waals surface area (Å²) in [5, 5.41) is 16.7. The van der Waals surface area contributed by atoms with Gasteiger partial charge in [-0.05, 0) is 35.4 Å². The molecule has 7 nitrogen and oxygen atoms in total. The fourth-order valence-electron chi connectivity index (χ4n) is 3.00. The summed E-state index contributed by atoms with van der Waals surface area (Å²) in [5.41, 5.74) is 4.28. The van der Waals surface area contributed by atoms with Crippen LogP contribution in [-0.2, 0) is 4.79 Å². The summed E-state index contributed by atoms with van der Waals surface area (Å²) >= 11 is 5.96. The Kier molecular flexibility index (Phi) is 7.83. The van der Waals surface area contributed by atoms with Gasteiger partial charge in [-0.3, -0.25) is 9.59 Å². The topological polar surface area (TPSA) is 100 Å². The number of aromatic hydroxyl groups is 1. The maximum Gasteiger partial charge on any atom is 0.251 e. The van der Waals surface area contributed by atoms with Gasteiger partial charge in [0.25, 0.3) is 5.91 Å². The van der Waals surface area contributed by atoms with E-state index in [0.717, 1.165) is 5.56 Å². The molecule has 0 fully saturated rings. The Balaban J connectivity index is 1.68. The van der Waals surface area contributed by atoms with Crippen LogP contribution < -0.4 is 15.5 Å². The van der Waals surface area contributed by atoms with Gasteiger partial charge in [-0.25, -0.2) is 5.43 Å². The van der Waals surface area contributed by atoms with Crippen LogP contribution in [0.25, 0.3) is 0 Å². The van der Waals surface area contributed by atoms with E-state index in [1.807, 2.05) is 36.4 Å². The van der Waals surface area contributed by atoms with Gasteiger partial charge in [-0.15, -0.1) is 0 Å². The lowest BCUT2D eigenvalue weighted by molar-refractivity contribution is -0.121. The Bertz CT molecular complexity index is 1100. The lowest BCUT2D eigenvalue weighted by Crippen LogP contribution is -2.32. The van der Waals surface area contributed by atoms with Gasteiger partial charge in [-0.2, -0.15) is 5.10 Å². The third-order valence-corrected chi connectivity index (χ3v) is 4.89. The molecule has 0 heterocycles. The molecule has 0 aliphatic rings. The Labute approximate surface area is 190 Å². The lowest BCUT2D eigenvalue weighted by atomic mass is 10.0. The number of methoxy groups -OCH3 is 1. The molecule has 8 heteroatoms. The van der Waals surface area contributed by atoms with E-state index in [2.05, 4.69) is 15.8 Å². The zero-order valence-corrected chi connectivity index (χ0v) is 18.0. The van der Waals surface area contributed by atoms with Crippen LogP contribution in [0.15, 0.2) is 77.9 Å². The number of nitrogens with zero attached hydrogens (tertiary/aromatic N) is 1. The predicted octanol–water partition coefficient (Wildman–Crippen LogP) is 4.07. The highest BCUT2D eigenvalue weighted by Gasteiger charge is 2.19. The summed E-state index contributed by atoms with van der Waals surface area (Å²) in [6.07, 6.45) is 1.37. The first kappa shape index (κ1) is 22.8. The van der Waals surface area contributed by atoms with Crippen LogP contribution >= 0.6 is 11.6 Å². The van der Waals surface area contributed by atoms with E-state index in [4.69, 9.17) is 16.3 Å². The molecule has 0 aliphatic carbocycles. The molecule has 0 radical (unpaired) electrons. The Morgan fingerprint density at radius 1 is 1.09 bits per heavy atom. The first-order chi connectivity index (χ1) is 15.5. The van der Waals surface area contributed by atoms with Crippen LogP contribution in [0.3, 0.4) is 0 Å². The van der Waals surface area contributed by atoms with Crippen molar-refractivity contribution in [2.45, 2.75) is 12.5 Å². The van der Waals surface area contributed by atoms with Crippen molar-refractivity contribution in [2.75, 3.05) is 7.11 Å². The van der Waals surface area contributed by atoms with Gasteiger partial charge >= 0.3 is 0 Å². The number of carbonyl (C=O) groups excluding carboxylic acids is 2. The standard InChI is InChI=1S/C24H22ClN3O4/c1-32-21-13-16(12-19(25)23(21)30)15-26-28-22(29)14-20(17-8-4-2-5-9-17)27-24(31)18-10-6-3-7-11-18/h2-13,15,20,30H,14H2,1H3,(H,27,31)(H,28,29)/b26-15-/t20-/m1/s1. The van der Waals surface area contributed by atoms with E-state index in [0.29, 0.717) is 11.1 Å². The molecule has 3 rings (SSSR count). The molecule has 164 valence electrons. The summed E-state index contributed by atoms with van der Waals surface area (Å²) in [6, 6.07) is 20.5. The molecule has 0 aliphatic heterocycles. The molecule has 3 aromatic carbocycles. The SMILES string of the molecule is COc1cc(/C=N\NC(=O)C[C@@H](NC(=O)c2ccccc2)c2ccccc2)cc(Cl)c1O. The molecule has 0 unspecified atom stereocenters. The summed E-state index contributed by atoms with van der Waals surface area (Å²) in [4.78, 5) is 25.1. The number of amides is 2. The van der Waals surface area contributed by atoms with Gasteiger partial charge in [0.1, 0.15) is 0 Å². The molecule has 3 aromatic rings. The highest BCUT2D eigenvalue weighted by Crippen LogP contribution is 2.34. The van der Waals surface area contributed by atoms with Crippen molar-refractivity contribution in [3.8, 4) is 11.5 Å². The number of halogens is 1. The average molecular weight is 452 g/mol. The van der Waals surface area contributed by atoms with Crippen LogP contribution in [-0.4, -0.2) is 30.2 Å². The smallest absolute Gasteiger partial charge is 0.251 e. The summed E-state index contributed by atoms with van der Waals surface area (Å²) in [7, 11) is 1.40. The van der Waals surface area contributed by atoms with Crippen molar-refractivity contribution in [1.29, 1.82) is 0 Å². The van der Waals surface area contributed by atoms with Crippen molar-refractivity contribution in [1.82, 2.24) is 10.7 Å². The van der Waals surface area contributed by atoms with Crippen molar-refractivity contribution in [2.24, 2.45) is 5.10 Å². The third-order valence-electron chi connectivity index (χ3n) is 4.61. The van der Waals surface area contributed by atoms with Crippen LogP contribution in [0.5, 0.6) is 11.5 Å². The zero-order valence-electron chi connectivity index (χ0n) is 17.3. The second-order valence-electron chi connectivity index (χ2n) is 6.85. The van der Waals surface area contributed by atoms with Gasteiger partial charge < -0.3 is 15.2 Å². The fourth-order valence-corrected chi connectivity index (χ4v) is 3.22. The summed E-state index contributed by atoms with van der Waals surface area (Å²) in [5.74, 6) is -0.643. The second-order valence-corrected chi connectivity index (χ2v) is 7.26. The minimum absolute atomic E-state index is 0.0143. The summed E-state index contributed by atoms with van der Waals surface area (Å²) in [6.45, 7) is 0. The van der Waals surface area contributed by atoms with E-state index >= 15 is 0 Å². The predicted molar refractivity (Wildman–Crippen MR) is 123 cm³/mol. The monoisotopic (exact) mass is 451 g/mol. The van der Waals surface area contributed by atoms with Crippen molar-refractivity contribution in [3.63, 3.8) is 0 Å². The van der Waals surface area contributed by atoms with Crippen LogP contribution in [0.4, 0.5) is 0 Å². The molecule has 0 saturated heterocycles. The Hall–Kier alpha value is -3.84. The molecular formula is C24H22ClN3O4. The molecule has 0 aromatic heterocycles. The van der Waals surface area contributed by atoms with E-state index in [1.165, 1.54) is 25.5 Å². The van der Waals surface area contributed by atoms with Crippen molar-refractivity contribution in [3.05, 3.63) is 94.5 Å². The van der Waals surface area contributed by atoms with Crippen molar-refractivity contribution < 1.29 is 19.4 Å². The number of phenolic OH excluding ortho intramolecular Hbond substituents is 1. The van der Waals surface area contributed by atoms with Gasteiger partial charge in [0.05, 0.1) is 30.8 Å². The van der Waals surface area contributed by atoms with Crippen LogP contribution in [0.1, 0.15) is 33.9 Å². The number of hydrogen-bond donors (Lipinski definition) is 3. The lowest BCUT2D eigenvalue weighted by Gasteiger charge is -2.18. The average Bonchev–Trinajstić information content (AvgIpc) is 2.81. The van der Waals surface area contributed by atoms with Gasteiger partial charge in [0.2, 0.25) is 5.91 Å². The Morgan fingerprint density at radius 3 is 2.41 bits per heavy atom. The normalized spacial score (nSPS) is 11.7. The minimum Gasteiger partial charge on any atom is -0.503 e. The third kappa shape index (κ3) is 6.09. The highest BCUT2D eigenvalue weighted by molar-refractivity contribution is 6.32. The number of nitrogens with one attached hydrogen (secondary N) is 2. The highest BCUT2D eigenvalue weighted by atomic mass is 35.5. The van der Waals surface area contributed by atoms with Crippen molar-refractivity contribution >= 4 is 29.6 Å². The van der Waals surface area contributed by atoms with Gasteiger partial charge in [0.15, 0.2) is 11.5 Å². The molecule has 0 bridgehead atoms. The van der Waals surface area contributed by atoms with E-state index < -0.39 is 6.04 Å². The fraction of sp³-hybridized carbons (Fsp3) is 0.125. The minimum atomic E-state index is -0.540. The maximum atomic E-state index is 12.6. The second kappa shape index (κ2) is 11.0. The Morgan fingerprint density at radius 2 is 1.75 bits per heavy atom. The number of hydrazone groups is 1. The zero-order chi connectivity index (χ0) is 22.9. The largest absolute Gasteiger partial charge is 0.503 e. The van der Waals surface area contributed by atoms with E-state index in [9.17, 15) is 14.7 Å². The van der Waals surface area contributed by atoms with Crippen LogP contribution in [0, 0.1) is 0 Å². The number of ether oxygens (including phenoxy) is 1. The number of rotatable bonds is 8. The van der Waals surface area contributed by atoms with Crippen LogP contribution in [0.2, 0.25) is 5.02 Å². The van der Waals surface area contributed by atoms with E-state index in [1.54, 1.807) is 24.3 Å². The molecule has 32 heavy (non-hydrogen) atoms. The quantitative estimate of drug-likeness (QED) is 0.355. The van der Waals surface area contributed by atoms with Gasteiger partial charge in [0, 0.05) is 5.56 Å². The number of benzene rings is 3. The first-order valence-corrected chi connectivity index (χ1v) is 10.1. The number of hydrogen-bond acceptors (Lipinski definition) is 5. The number of phenols is 1. The number of carbonyl (C=O) groups is 2. The summed E-state index contributed by atoms with van der Waals surface area (Å²) < 4.78 is 5.05. The molecule has 1 atom stereocenters.